The Bertz CT molecular complexity index is 1140. The molecular weight excluding hydrogens is 406 g/mol. The number of methoxy groups -OCH3 is 1. The van der Waals surface area contributed by atoms with Crippen LogP contribution in [-0.4, -0.2) is 40.7 Å². The minimum Gasteiger partial charge on any atom is -0.465 e. The average Bonchev–Trinajstić information content (AvgIpc) is 3.25. The molecule has 7 heteroatoms. The van der Waals surface area contributed by atoms with Crippen molar-refractivity contribution in [1.82, 2.24) is 9.58 Å². The highest BCUT2D eigenvalue weighted by Crippen LogP contribution is 2.49. The molecule has 0 radical (unpaired) electrons. The summed E-state index contributed by atoms with van der Waals surface area (Å²) in [6, 6.07) is 9.12. The largest absolute Gasteiger partial charge is 0.465 e. The van der Waals surface area contributed by atoms with E-state index in [9.17, 15) is 14.4 Å². The van der Waals surface area contributed by atoms with Crippen LogP contribution < -0.4 is 0 Å². The predicted octanol–water partition coefficient (Wildman–Crippen LogP) is 3.41. The molecule has 3 aliphatic carbocycles. The van der Waals surface area contributed by atoms with Gasteiger partial charge in [0.1, 0.15) is 0 Å². The van der Waals surface area contributed by atoms with Gasteiger partial charge in [0.2, 0.25) is 0 Å². The fraction of sp³-hybridized carbons (Fsp3) is 0.360. The van der Waals surface area contributed by atoms with Gasteiger partial charge in [-0.05, 0) is 68.9 Å². The quantitative estimate of drug-likeness (QED) is 0.322. The summed E-state index contributed by atoms with van der Waals surface area (Å²) in [6.45, 7) is 3.93. The molecule has 32 heavy (non-hydrogen) atoms. The Balaban J connectivity index is 1.41. The van der Waals surface area contributed by atoms with E-state index in [0.717, 1.165) is 40.5 Å². The highest BCUT2D eigenvalue weighted by Gasteiger charge is 2.56. The van der Waals surface area contributed by atoms with Crippen LogP contribution in [0, 0.1) is 37.5 Å². The number of nitrogens with zero attached hydrogens (tertiary/aromatic N) is 3. The van der Waals surface area contributed by atoms with Crippen LogP contribution in [0.4, 0.5) is 0 Å². The number of imide groups is 1. The zero-order chi connectivity index (χ0) is 22.6. The number of carbonyl (C=O) groups excluding carboxylic acids is 3. The van der Waals surface area contributed by atoms with Crippen molar-refractivity contribution in [2.45, 2.75) is 26.7 Å². The molecule has 2 aromatic rings. The number of esters is 1. The van der Waals surface area contributed by atoms with Gasteiger partial charge < -0.3 is 9.30 Å². The van der Waals surface area contributed by atoms with E-state index in [1.54, 1.807) is 18.3 Å². The third-order valence-corrected chi connectivity index (χ3v) is 7.07. The summed E-state index contributed by atoms with van der Waals surface area (Å²) in [5, 5.41) is 5.43. The normalized spacial score (nSPS) is 26.3. The first kappa shape index (κ1) is 20.4. The molecule has 1 aromatic carbocycles. The molecule has 1 saturated heterocycles. The van der Waals surface area contributed by atoms with Gasteiger partial charge in [0.05, 0.1) is 30.7 Å². The molecule has 2 heterocycles. The number of carbonyl (C=O) groups is 3. The number of amides is 2. The summed E-state index contributed by atoms with van der Waals surface area (Å²) in [7, 11) is 1.36. The summed E-state index contributed by atoms with van der Waals surface area (Å²) in [6.07, 6.45) is 7.74. The number of ether oxygens (including phenoxy) is 1. The molecular formula is C25H25N3O4. The number of aryl methyl sites for hydroxylation is 1. The predicted molar refractivity (Wildman–Crippen MR) is 118 cm³/mol. The maximum Gasteiger partial charge on any atom is 0.337 e. The van der Waals surface area contributed by atoms with Gasteiger partial charge in [0.25, 0.3) is 11.8 Å². The van der Waals surface area contributed by atoms with E-state index < -0.39 is 0 Å². The van der Waals surface area contributed by atoms with E-state index >= 15 is 0 Å². The minimum absolute atomic E-state index is 0.152. The van der Waals surface area contributed by atoms with Crippen LogP contribution in [0.5, 0.6) is 0 Å². The van der Waals surface area contributed by atoms with Crippen LogP contribution in [0.25, 0.3) is 5.69 Å². The lowest BCUT2D eigenvalue weighted by molar-refractivity contribution is -0.140. The maximum absolute atomic E-state index is 13.0. The number of hydrogen-bond acceptors (Lipinski definition) is 5. The van der Waals surface area contributed by atoms with Gasteiger partial charge in [0.15, 0.2) is 0 Å². The van der Waals surface area contributed by atoms with Crippen molar-refractivity contribution in [3.05, 3.63) is 65.0 Å². The molecule has 1 aromatic heterocycles. The number of hydrazone groups is 1. The molecule has 4 atom stereocenters. The third kappa shape index (κ3) is 3.03. The van der Waals surface area contributed by atoms with Gasteiger partial charge in [-0.25, -0.2) is 4.79 Å². The van der Waals surface area contributed by atoms with Gasteiger partial charge in [-0.3, -0.25) is 9.59 Å². The van der Waals surface area contributed by atoms with Gasteiger partial charge in [-0.15, -0.1) is 0 Å². The monoisotopic (exact) mass is 431 g/mol. The molecule has 0 N–H and O–H groups in total. The van der Waals surface area contributed by atoms with Crippen molar-refractivity contribution in [3.63, 3.8) is 0 Å². The Morgan fingerprint density at radius 2 is 1.62 bits per heavy atom. The molecule has 1 aliphatic heterocycles. The van der Waals surface area contributed by atoms with Gasteiger partial charge in [-0.2, -0.15) is 10.1 Å². The SMILES string of the molecule is COC(=O)c1ccc(-n2c(C)cc(/C=N\N3C(=O)[C@H]4[C@H](C3=O)[C@H]3C=C[C@H]4CC3)c2C)cc1. The van der Waals surface area contributed by atoms with Gasteiger partial charge in [0, 0.05) is 22.6 Å². The number of fused-ring (bicyclic) bond motifs is 1. The van der Waals surface area contributed by atoms with Crippen molar-refractivity contribution in [3.8, 4) is 5.69 Å². The fourth-order valence-electron chi connectivity index (χ4n) is 5.47. The molecule has 6 rings (SSSR count). The lowest BCUT2D eigenvalue weighted by atomic mass is 9.63. The Kier molecular flexibility index (Phi) is 4.84. The number of hydrogen-bond donors (Lipinski definition) is 0. The Morgan fingerprint density at radius 1 is 1.03 bits per heavy atom. The molecule has 2 bridgehead atoms. The molecule has 1 saturated carbocycles. The van der Waals surface area contributed by atoms with Gasteiger partial charge in [-0.1, -0.05) is 12.2 Å². The van der Waals surface area contributed by atoms with Crippen molar-refractivity contribution < 1.29 is 19.1 Å². The van der Waals surface area contributed by atoms with E-state index in [2.05, 4.69) is 17.3 Å². The number of allylic oxidation sites excluding steroid dienone is 2. The molecule has 2 fully saturated rings. The van der Waals surface area contributed by atoms with Crippen molar-refractivity contribution in [2.24, 2.45) is 28.8 Å². The summed E-state index contributed by atoms with van der Waals surface area (Å²) in [5.74, 6) is -0.952. The highest BCUT2D eigenvalue weighted by molar-refractivity contribution is 6.06. The summed E-state index contributed by atoms with van der Waals surface area (Å²) >= 11 is 0. The summed E-state index contributed by atoms with van der Waals surface area (Å²) in [5.41, 5.74) is 4.11. The van der Waals surface area contributed by atoms with Crippen LogP contribution in [0.3, 0.4) is 0 Å². The Hall–Kier alpha value is -3.48. The van der Waals surface area contributed by atoms with Crippen LogP contribution in [-0.2, 0) is 14.3 Å². The van der Waals surface area contributed by atoms with Crippen LogP contribution in [0.2, 0.25) is 0 Å². The number of aromatic nitrogens is 1. The zero-order valence-electron chi connectivity index (χ0n) is 18.3. The van der Waals surface area contributed by atoms with Crippen LogP contribution in [0.15, 0.2) is 47.6 Å². The standard InChI is InChI=1S/C25H25N3O4/c1-14-12-19(15(2)27(14)20-10-8-18(9-11-20)25(31)32-3)13-26-28-23(29)21-16-4-5-17(7-6-16)22(21)24(28)30/h4-5,8-13,16-17,21-22H,6-7H2,1-3H3/b26-13-/t16-,17-,21+,22+/m0/s1. The number of benzene rings is 1. The zero-order valence-corrected chi connectivity index (χ0v) is 18.3. The molecule has 4 aliphatic rings. The lowest BCUT2D eigenvalue weighted by Gasteiger charge is -2.37. The molecule has 7 nitrogen and oxygen atoms in total. The molecule has 0 spiro atoms. The van der Waals surface area contributed by atoms with E-state index in [4.69, 9.17) is 4.74 Å². The first-order valence-corrected chi connectivity index (χ1v) is 10.9. The van der Waals surface area contributed by atoms with E-state index in [0.29, 0.717) is 5.56 Å². The minimum atomic E-state index is -0.380. The second kappa shape index (κ2) is 7.58. The topological polar surface area (TPSA) is 81.0 Å². The van der Waals surface area contributed by atoms with E-state index in [1.807, 2.05) is 36.6 Å². The Labute approximate surface area is 186 Å². The Morgan fingerprint density at radius 3 is 2.16 bits per heavy atom. The summed E-state index contributed by atoms with van der Waals surface area (Å²) in [4.78, 5) is 37.6. The third-order valence-electron chi connectivity index (χ3n) is 7.07. The van der Waals surface area contributed by atoms with Crippen molar-refractivity contribution >= 4 is 24.0 Å². The smallest absolute Gasteiger partial charge is 0.337 e. The lowest BCUT2D eigenvalue weighted by Crippen LogP contribution is -2.38. The fourth-order valence-corrected chi connectivity index (χ4v) is 5.47. The first-order valence-electron chi connectivity index (χ1n) is 10.9. The van der Waals surface area contributed by atoms with Crippen molar-refractivity contribution in [1.29, 1.82) is 0 Å². The summed E-state index contributed by atoms with van der Waals surface area (Å²) < 4.78 is 6.80. The number of rotatable bonds is 4. The van der Waals surface area contributed by atoms with E-state index in [-0.39, 0.29) is 41.5 Å². The average molecular weight is 431 g/mol. The van der Waals surface area contributed by atoms with Crippen LogP contribution in [0.1, 0.15) is 40.2 Å². The second-order valence-corrected chi connectivity index (χ2v) is 8.77. The van der Waals surface area contributed by atoms with Crippen LogP contribution >= 0.6 is 0 Å². The van der Waals surface area contributed by atoms with Gasteiger partial charge >= 0.3 is 5.97 Å². The highest BCUT2D eigenvalue weighted by atomic mass is 16.5. The first-order chi connectivity index (χ1) is 15.4. The van der Waals surface area contributed by atoms with Crippen molar-refractivity contribution in [2.75, 3.05) is 7.11 Å². The second-order valence-electron chi connectivity index (χ2n) is 8.77. The molecule has 0 unspecified atom stereocenters. The van der Waals surface area contributed by atoms with E-state index in [1.165, 1.54) is 7.11 Å². The molecule has 164 valence electrons. The molecule has 2 amide bonds. The maximum atomic E-state index is 13.0.